The highest BCUT2D eigenvalue weighted by molar-refractivity contribution is 6.16. The van der Waals surface area contributed by atoms with E-state index in [1.54, 1.807) is 62.8 Å². The van der Waals surface area contributed by atoms with E-state index < -0.39 is 5.92 Å². The Morgan fingerprint density at radius 3 is 1.39 bits per heavy atom. The number of ketones is 2. The van der Waals surface area contributed by atoms with Gasteiger partial charge in [-0.2, -0.15) is 0 Å². The molecule has 2 aromatic carbocycles. The van der Waals surface area contributed by atoms with Crippen LogP contribution >= 0.6 is 0 Å². The largest absolute Gasteiger partial charge is 0.497 e. The Labute approximate surface area is 136 Å². The van der Waals surface area contributed by atoms with Gasteiger partial charge in [0.05, 0.1) is 20.1 Å². The Kier molecular flexibility index (Phi) is 5.52. The molecule has 0 N–H and O–H groups in total. The van der Waals surface area contributed by atoms with Crippen LogP contribution in [0.2, 0.25) is 0 Å². The second kappa shape index (κ2) is 7.58. The molecule has 0 atom stereocenters. The van der Waals surface area contributed by atoms with Crippen molar-refractivity contribution in [3.63, 3.8) is 0 Å². The Hall–Kier alpha value is -2.62. The standard InChI is InChI=1S/C19H20O4/c1-4-17(18(20)13-5-9-15(22-2)10-6-13)19(21)14-7-11-16(23-3)12-8-14/h5-12,17H,4H2,1-3H3. The molecule has 0 radical (unpaired) electrons. The number of carbonyl (C=O) groups is 2. The van der Waals surface area contributed by atoms with Crippen LogP contribution in [0.5, 0.6) is 11.5 Å². The molecule has 0 spiro atoms. The van der Waals surface area contributed by atoms with Gasteiger partial charge in [-0.1, -0.05) is 6.92 Å². The molecule has 0 fully saturated rings. The van der Waals surface area contributed by atoms with Crippen LogP contribution in [0.25, 0.3) is 0 Å². The van der Waals surface area contributed by atoms with E-state index in [9.17, 15) is 9.59 Å². The molecular formula is C19H20O4. The molecule has 23 heavy (non-hydrogen) atoms. The van der Waals surface area contributed by atoms with Gasteiger partial charge in [0.15, 0.2) is 11.6 Å². The summed E-state index contributed by atoms with van der Waals surface area (Å²) in [5.41, 5.74) is 1.03. The number of hydrogen-bond donors (Lipinski definition) is 0. The topological polar surface area (TPSA) is 52.6 Å². The Morgan fingerprint density at radius 2 is 1.13 bits per heavy atom. The van der Waals surface area contributed by atoms with E-state index in [4.69, 9.17) is 9.47 Å². The first-order valence-electron chi connectivity index (χ1n) is 7.47. The normalized spacial score (nSPS) is 10.4. The van der Waals surface area contributed by atoms with Crippen molar-refractivity contribution in [2.45, 2.75) is 13.3 Å². The Balaban J connectivity index is 2.22. The van der Waals surface area contributed by atoms with Gasteiger partial charge in [0.2, 0.25) is 0 Å². The molecule has 2 rings (SSSR count). The molecule has 0 saturated carbocycles. The van der Waals surface area contributed by atoms with Crippen LogP contribution in [0.4, 0.5) is 0 Å². The minimum atomic E-state index is -0.684. The van der Waals surface area contributed by atoms with E-state index >= 15 is 0 Å². The summed E-state index contributed by atoms with van der Waals surface area (Å²) in [6, 6.07) is 13.6. The van der Waals surface area contributed by atoms with Crippen molar-refractivity contribution in [1.29, 1.82) is 0 Å². The minimum Gasteiger partial charge on any atom is -0.497 e. The van der Waals surface area contributed by atoms with Crippen LogP contribution < -0.4 is 9.47 Å². The summed E-state index contributed by atoms with van der Waals surface area (Å²) in [6.45, 7) is 1.84. The quantitative estimate of drug-likeness (QED) is 0.576. The number of benzene rings is 2. The highest BCUT2D eigenvalue weighted by atomic mass is 16.5. The van der Waals surface area contributed by atoms with Gasteiger partial charge in [0.25, 0.3) is 0 Å². The molecule has 0 aromatic heterocycles. The molecule has 0 heterocycles. The molecule has 2 aromatic rings. The summed E-state index contributed by atoms with van der Waals surface area (Å²) in [6.07, 6.45) is 0.454. The monoisotopic (exact) mass is 312 g/mol. The minimum absolute atomic E-state index is 0.170. The van der Waals surface area contributed by atoms with E-state index in [-0.39, 0.29) is 11.6 Å². The van der Waals surface area contributed by atoms with E-state index in [0.717, 1.165) is 0 Å². The van der Waals surface area contributed by atoms with Crippen molar-refractivity contribution in [2.24, 2.45) is 5.92 Å². The van der Waals surface area contributed by atoms with Crippen molar-refractivity contribution in [3.8, 4) is 11.5 Å². The number of methoxy groups -OCH3 is 2. The number of hydrogen-bond acceptors (Lipinski definition) is 4. The SMILES string of the molecule is CCC(C(=O)c1ccc(OC)cc1)C(=O)c1ccc(OC)cc1. The van der Waals surface area contributed by atoms with Crippen LogP contribution in [0, 0.1) is 5.92 Å². The molecule has 0 bridgehead atoms. The predicted octanol–water partition coefficient (Wildman–Crippen LogP) is 3.80. The molecular weight excluding hydrogens is 292 g/mol. The van der Waals surface area contributed by atoms with Gasteiger partial charge < -0.3 is 9.47 Å². The maximum absolute atomic E-state index is 12.6. The van der Waals surface area contributed by atoms with E-state index in [1.165, 1.54) is 0 Å². The molecule has 0 aliphatic carbocycles. The van der Waals surface area contributed by atoms with Crippen LogP contribution in [-0.4, -0.2) is 25.8 Å². The second-order valence-electron chi connectivity index (χ2n) is 5.15. The molecule has 0 aliphatic heterocycles. The van der Waals surface area contributed by atoms with Crippen LogP contribution in [0.3, 0.4) is 0 Å². The fourth-order valence-corrected chi connectivity index (χ4v) is 2.40. The lowest BCUT2D eigenvalue weighted by Gasteiger charge is -2.13. The first kappa shape index (κ1) is 16.7. The zero-order chi connectivity index (χ0) is 16.8. The van der Waals surface area contributed by atoms with Gasteiger partial charge >= 0.3 is 0 Å². The maximum atomic E-state index is 12.6. The van der Waals surface area contributed by atoms with E-state index in [1.807, 2.05) is 6.92 Å². The Bertz CT molecular complexity index is 612. The third-order valence-electron chi connectivity index (χ3n) is 3.79. The summed E-state index contributed by atoms with van der Waals surface area (Å²) < 4.78 is 10.2. The van der Waals surface area contributed by atoms with E-state index in [0.29, 0.717) is 29.0 Å². The zero-order valence-corrected chi connectivity index (χ0v) is 13.5. The van der Waals surface area contributed by atoms with Crippen LogP contribution in [0.1, 0.15) is 34.1 Å². The first-order chi connectivity index (χ1) is 11.1. The summed E-state index contributed by atoms with van der Waals surface area (Å²) in [5, 5.41) is 0. The lowest BCUT2D eigenvalue weighted by atomic mass is 9.88. The van der Waals surface area contributed by atoms with Gasteiger partial charge in [-0.05, 0) is 55.0 Å². The van der Waals surface area contributed by atoms with E-state index in [2.05, 4.69) is 0 Å². The predicted molar refractivity (Wildman–Crippen MR) is 88.4 cm³/mol. The lowest BCUT2D eigenvalue weighted by molar-refractivity contribution is 0.0804. The van der Waals surface area contributed by atoms with Crippen LogP contribution in [0.15, 0.2) is 48.5 Å². The average Bonchev–Trinajstić information content (AvgIpc) is 2.62. The fraction of sp³-hybridized carbons (Fsp3) is 0.263. The fourth-order valence-electron chi connectivity index (χ4n) is 2.40. The molecule has 4 nitrogen and oxygen atoms in total. The van der Waals surface area contributed by atoms with Gasteiger partial charge in [-0.15, -0.1) is 0 Å². The zero-order valence-electron chi connectivity index (χ0n) is 13.5. The third-order valence-corrected chi connectivity index (χ3v) is 3.79. The van der Waals surface area contributed by atoms with Crippen molar-refractivity contribution < 1.29 is 19.1 Å². The smallest absolute Gasteiger partial charge is 0.173 e. The van der Waals surface area contributed by atoms with Crippen molar-refractivity contribution >= 4 is 11.6 Å². The molecule has 0 amide bonds. The van der Waals surface area contributed by atoms with Gasteiger partial charge in [0.1, 0.15) is 11.5 Å². The number of carbonyl (C=O) groups excluding carboxylic acids is 2. The number of rotatable bonds is 7. The first-order valence-corrected chi connectivity index (χ1v) is 7.47. The lowest BCUT2D eigenvalue weighted by Crippen LogP contribution is -2.23. The number of Topliss-reactive ketones (excluding diaryl/α,β-unsaturated/α-hetero) is 2. The van der Waals surface area contributed by atoms with Crippen molar-refractivity contribution in [1.82, 2.24) is 0 Å². The maximum Gasteiger partial charge on any atom is 0.173 e. The van der Waals surface area contributed by atoms with Gasteiger partial charge in [-0.3, -0.25) is 9.59 Å². The van der Waals surface area contributed by atoms with Crippen molar-refractivity contribution in [3.05, 3.63) is 59.7 Å². The highest BCUT2D eigenvalue weighted by Crippen LogP contribution is 2.21. The van der Waals surface area contributed by atoms with Gasteiger partial charge in [0, 0.05) is 11.1 Å². The third kappa shape index (κ3) is 3.77. The average molecular weight is 312 g/mol. The van der Waals surface area contributed by atoms with Gasteiger partial charge in [-0.25, -0.2) is 0 Å². The van der Waals surface area contributed by atoms with Crippen LogP contribution in [-0.2, 0) is 0 Å². The molecule has 120 valence electrons. The summed E-state index contributed by atoms with van der Waals surface area (Å²) >= 11 is 0. The summed E-state index contributed by atoms with van der Waals surface area (Å²) in [7, 11) is 3.14. The molecule has 0 saturated heterocycles. The molecule has 0 aliphatic rings. The Morgan fingerprint density at radius 1 is 0.783 bits per heavy atom. The number of ether oxygens (including phenoxy) is 2. The second-order valence-corrected chi connectivity index (χ2v) is 5.15. The summed E-state index contributed by atoms with van der Waals surface area (Å²) in [4.78, 5) is 25.3. The van der Waals surface area contributed by atoms with Crippen molar-refractivity contribution in [2.75, 3.05) is 14.2 Å². The highest BCUT2D eigenvalue weighted by Gasteiger charge is 2.26. The molecule has 4 heteroatoms. The summed E-state index contributed by atoms with van der Waals surface area (Å²) in [5.74, 6) is 0.330. The molecule has 0 unspecified atom stereocenters.